The first-order valence-corrected chi connectivity index (χ1v) is 7.75. The van der Waals surface area contributed by atoms with Gasteiger partial charge < -0.3 is 5.32 Å². The monoisotopic (exact) mass is 325 g/mol. The molecule has 0 unspecified atom stereocenters. The highest BCUT2D eigenvalue weighted by Crippen LogP contribution is 2.21. The molecule has 0 aliphatic heterocycles. The van der Waals surface area contributed by atoms with Crippen LogP contribution in [0.25, 0.3) is 11.3 Å². The van der Waals surface area contributed by atoms with E-state index in [-0.39, 0.29) is 5.91 Å². The summed E-state index contributed by atoms with van der Waals surface area (Å²) < 4.78 is 0. The van der Waals surface area contributed by atoms with Gasteiger partial charge in [0.05, 0.1) is 5.69 Å². The Labute approximate surface area is 139 Å². The zero-order valence-corrected chi connectivity index (χ0v) is 13.4. The zero-order chi connectivity index (χ0) is 16.2. The van der Waals surface area contributed by atoms with Crippen molar-refractivity contribution in [3.05, 3.63) is 70.9 Å². The third kappa shape index (κ3) is 3.60. The largest absolute Gasteiger partial charge is 0.321 e. The summed E-state index contributed by atoms with van der Waals surface area (Å²) in [6, 6.07) is 16.9. The van der Waals surface area contributed by atoms with Gasteiger partial charge in [-0.15, -0.1) is 0 Å². The van der Waals surface area contributed by atoms with E-state index in [1.54, 1.807) is 12.1 Å². The molecule has 0 atom stereocenters. The van der Waals surface area contributed by atoms with Crippen LogP contribution < -0.4 is 5.32 Å². The Morgan fingerprint density at radius 2 is 2.00 bits per heavy atom. The van der Waals surface area contributed by atoms with Gasteiger partial charge in [0.25, 0.3) is 5.91 Å². The van der Waals surface area contributed by atoms with Gasteiger partial charge in [-0.2, -0.15) is 5.10 Å². The lowest BCUT2D eigenvalue weighted by Gasteiger charge is -2.05. The maximum atomic E-state index is 12.3. The van der Waals surface area contributed by atoms with Crippen LogP contribution >= 0.6 is 11.6 Å². The Hall–Kier alpha value is -2.59. The molecule has 2 aromatic carbocycles. The van der Waals surface area contributed by atoms with Gasteiger partial charge in [0.1, 0.15) is 5.69 Å². The van der Waals surface area contributed by atoms with Crippen LogP contribution in [0, 0.1) is 0 Å². The molecule has 3 aromatic rings. The molecule has 0 aliphatic rings. The fourth-order valence-electron chi connectivity index (χ4n) is 2.30. The van der Waals surface area contributed by atoms with Gasteiger partial charge in [0.2, 0.25) is 0 Å². The number of aromatic nitrogens is 2. The van der Waals surface area contributed by atoms with E-state index < -0.39 is 0 Å². The Morgan fingerprint density at radius 3 is 2.78 bits per heavy atom. The molecule has 0 fully saturated rings. The topological polar surface area (TPSA) is 57.8 Å². The van der Waals surface area contributed by atoms with Crippen LogP contribution in [0.1, 0.15) is 23.0 Å². The number of aryl methyl sites for hydroxylation is 1. The maximum Gasteiger partial charge on any atom is 0.273 e. The summed E-state index contributed by atoms with van der Waals surface area (Å²) >= 11 is 5.98. The number of carbonyl (C=O) groups is 1. The molecule has 1 aromatic heterocycles. The summed E-state index contributed by atoms with van der Waals surface area (Å²) in [4.78, 5) is 12.3. The number of amides is 1. The molecule has 1 amide bonds. The number of aromatic amines is 1. The molecule has 5 heteroatoms. The molecule has 0 spiro atoms. The summed E-state index contributed by atoms with van der Waals surface area (Å²) in [7, 11) is 0. The van der Waals surface area contributed by atoms with Crippen LogP contribution in [-0.2, 0) is 6.42 Å². The number of rotatable bonds is 4. The number of benzene rings is 2. The first-order chi connectivity index (χ1) is 11.2. The second-order valence-electron chi connectivity index (χ2n) is 5.19. The van der Waals surface area contributed by atoms with Crippen LogP contribution in [0.4, 0.5) is 5.69 Å². The van der Waals surface area contributed by atoms with Crippen molar-refractivity contribution in [3.8, 4) is 11.3 Å². The van der Waals surface area contributed by atoms with Gasteiger partial charge in [-0.25, -0.2) is 0 Å². The number of nitrogens with one attached hydrogen (secondary N) is 2. The Balaban J connectivity index is 1.78. The number of halogens is 1. The van der Waals surface area contributed by atoms with E-state index in [9.17, 15) is 4.79 Å². The van der Waals surface area contributed by atoms with Crippen molar-refractivity contribution in [3.63, 3.8) is 0 Å². The van der Waals surface area contributed by atoms with Gasteiger partial charge in [0.15, 0.2) is 0 Å². The third-order valence-corrected chi connectivity index (χ3v) is 3.77. The minimum Gasteiger partial charge on any atom is -0.321 e. The van der Waals surface area contributed by atoms with E-state index in [0.717, 1.165) is 17.7 Å². The van der Waals surface area contributed by atoms with Crippen molar-refractivity contribution >= 4 is 23.2 Å². The predicted octanol–water partition coefficient (Wildman–Crippen LogP) is 4.54. The summed E-state index contributed by atoms with van der Waals surface area (Å²) in [5, 5.41) is 10.5. The van der Waals surface area contributed by atoms with Crippen molar-refractivity contribution in [2.45, 2.75) is 13.3 Å². The molecule has 4 nitrogen and oxygen atoms in total. The number of hydrogen-bond acceptors (Lipinski definition) is 2. The highest BCUT2D eigenvalue weighted by Gasteiger charge is 2.11. The lowest BCUT2D eigenvalue weighted by Crippen LogP contribution is -2.12. The number of hydrogen-bond donors (Lipinski definition) is 2. The molecule has 0 bridgehead atoms. The van der Waals surface area contributed by atoms with Crippen LogP contribution in [0.5, 0.6) is 0 Å². The smallest absolute Gasteiger partial charge is 0.273 e. The molecule has 0 aliphatic carbocycles. The normalized spacial score (nSPS) is 10.5. The van der Waals surface area contributed by atoms with Crippen LogP contribution in [0.15, 0.2) is 54.6 Å². The van der Waals surface area contributed by atoms with E-state index in [1.165, 1.54) is 5.56 Å². The molecule has 0 saturated heterocycles. The van der Waals surface area contributed by atoms with E-state index in [2.05, 4.69) is 22.4 Å². The minimum atomic E-state index is -0.223. The van der Waals surface area contributed by atoms with Crippen molar-refractivity contribution in [1.82, 2.24) is 10.2 Å². The molecule has 2 N–H and O–H groups in total. The molecular formula is C18H16ClN3O. The molecule has 3 rings (SSSR count). The lowest BCUT2D eigenvalue weighted by atomic mass is 10.1. The van der Waals surface area contributed by atoms with E-state index in [4.69, 9.17) is 11.6 Å². The van der Waals surface area contributed by atoms with Gasteiger partial charge in [-0.05, 0) is 42.3 Å². The van der Waals surface area contributed by atoms with Crippen LogP contribution in [0.3, 0.4) is 0 Å². The second-order valence-corrected chi connectivity index (χ2v) is 5.62. The van der Waals surface area contributed by atoms with Gasteiger partial charge >= 0.3 is 0 Å². The Kier molecular flexibility index (Phi) is 4.44. The Bertz CT molecular complexity index is 842. The number of anilines is 1. The molecule has 1 heterocycles. The SMILES string of the molecule is CCc1cccc(NC(=O)c2cc(-c3cccc(Cl)c3)n[nH]2)c1. The molecule has 23 heavy (non-hydrogen) atoms. The quantitative estimate of drug-likeness (QED) is 0.739. The third-order valence-electron chi connectivity index (χ3n) is 3.54. The summed E-state index contributed by atoms with van der Waals surface area (Å²) in [5.74, 6) is -0.223. The van der Waals surface area contributed by atoms with Crippen molar-refractivity contribution in [2.24, 2.45) is 0 Å². The summed E-state index contributed by atoms with van der Waals surface area (Å²) in [6.45, 7) is 2.08. The summed E-state index contributed by atoms with van der Waals surface area (Å²) in [5.41, 5.74) is 3.89. The van der Waals surface area contributed by atoms with E-state index in [0.29, 0.717) is 16.4 Å². The molecule has 0 radical (unpaired) electrons. The maximum absolute atomic E-state index is 12.3. The molecular weight excluding hydrogens is 310 g/mol. The highest BCUT2D eigenvalue weighted by molar-refractivity contribution is 6.30. The highest BCUT2D eigenvalue weighted by atomic mass is 35.5. The number of nitrogens with zero attached hydrogens (tertiary/aromatic N) is 1. The standard InChI is InChI=1S/C18H16ClN3O/c1-2-12-5-3-8-15(9-12)20-18(23)17-11-16(21-22-17)13-6-4-7-14(19)10-13/h3-11H,2H2,1H3,(H,20,23)(H,21,22). The van der Waals surface area contributed by atoms with Gasteiger partial charge in [0, 0.05) is 16.3 Å². The fraction of sp³-hybridized carbons (Fsp3) is 0.111. The van der Waals surface area contributed by atoms with Gasteiger partial charge in [-0.3, -0.25) is 9.89 Å². The van der Waals surface area contributed by atoms with E-state index in [1.807, 2.05) is 42.5 Å². The van der Waals surface area contributed by atoms with Crippen molar-refractivity contribution in [1.29, 1.82) is 0 Å². The van der Waals surface area contributed by atoms with Crippen molar-refractivity contribution in [2.75, 3.05) is 5.32 Å². The Morgan fingerprint density at radius 1 is 1.17 bits per heavy atom. The zero-order valence-electron chi connectivity index (χ0n) is 12.6. The van der Waals surface area contributed by atoms with Crippen molar-refractivity contribution < 1.29 is 4.79 Å². The fourth-order valence-corrected chi connectivity index (χ4v) is 2.49. The average Bonchev–Trinajstić information content (AvgIpc) is 3.05. The van der Waals surface area contributed by atoms with Gasteiger partial charge in [-0.1, -0.05) is 42.8 Å². The minimum absolute atomic E-state index is 0.223. The first kappa shape index (κ1) is 15.3. The molecule has 116 valence electrons. The van der Waals surface area contributed by atoms with E-state index >= 15 is 0 Å². The predicted molar refractivity (Wildman–Crippen MR) is 92.8 cm³/mol. The first-order valence-electron chi connectivity index (χ1n) is 7.37. The second kappa shape index (κ2) is 6.67. The average molecular weight is 326 g/mol. The van der Waals surface area contributed by atoms with Crippen LogP contribution in [0.2, 0.25) is 5.02 Å². The molecule has 0 saturated carbocycles. The number of carbonyl (C=O) groups excluding carboxylic acids is 1. The lowest BCUT2D eigenvalue weighted by molar-refractivity contribution is 0.102. The summed E-state index contributed by atoms with van der Waals surface area (Å²) in [6.07, 6.45) is 0.923. The van der Waals surface area contributed by atoms with Crippen LogP contribution in [-0.4, -0.2) is 16.1 Å². The number of H-pyrrole nitrogens is 1.